The van der Waals surface area contributed by atoms with E-state index in [-0.39, 0.29) is 10.8 Å². The van der Waals surface area contributed by atoms with Crippen molar-refractivity contribution in [3.05, 3.63) is 41.5 Å². The molecule has 23 heavy (non-hydrogen) atoms. The molecule has 0 spiro atoms. The monoisotopic (exact) mass is 338 g/mol. The molecule has 0 aromatic heterocycles. The number of carbonyl (C=O) groups is 1. The maximum atomic E-state index is 12.5. The summed E-state index contributed by atoms with van der Waals surface area (Å²) in [5.74, 6) is -0.157. The molecule has 1 aromatic rings. The molecule has 0 saturated carbocycles. The summed E-state index contributed by atoms with van der Waals surface area (Å²) in [6, 6.07) is 6.59. The smallest absolute Gasteiger partial charge is 0.244 e. The molecule has 1 aromatic carbocycles. The van der Waals surface area contributed by atoms with E-state index in [0.29, 0.717) is 32.8 Å². The lowest BCUT2D eigenvalue weighted by atomic mass is 10.2. The van der Waals surface area contributed by atoms with Gasteiger partial charge in [0.2, 0.25) is 15.9 Å². The summed E-state index contributed by atoms with van der Waals surface area (Å²) >= 11 is 0. The van der Waals surface area contributed by atoms with Crippen molar-refractivity contribution in [2.24, 2.45) is 0 Å². The van der Waals surface area contributed by atoms with Crippen LogP contribution in [-0.2, 0) is 26.1 Å². The number of morpholine rings is 1. The van der Waals surface area contributed by atoms with Crippen LogP contribution in [0.5, 0.6) is 0 Å². The molecule has 1 N–H and O–H groups in total. The van der Waals surface area contributed by atoms with Crippen LogP contribution < -0.4 is 5.32 Å². The third-order valence-electron chi connectivity index (χ3n) is 3.42. The van der Waals surface area contributed by atoms with Crippen LogP contribution in [0.4, 0.5) is 0 Å². The van der Waals surface area contributed by atoms with E-state index in [2.05, 4.69) is 5.32 Å². The first kappa shape index (κ1) is 17.7. The molecule has 0 bridgehead atoms. The van der Waals surface area contributed by atoms with E-state index < -0.39 is 10.0 Å². The van der Waals surface area contributed by atoms with E-state index in [9.17, 15) is 13.2 Å². The second kappa shape index (κ2) is 7.72. The van der Waals surface area contributed by atoms with Crippen molar-refractivity contribution in [3.8, 4) is 0 Å². The van der Waals surface area contributed by atoms with Gasteiger partial charge in [0.05, 0.1) is 18.1 Å². The van der Waals surface area contributed by atoms with Gasteiger partial charge in [0.15, 0.2) is 0 Å². The van der Waals surface area contributed by atoms with E-state index in [1.54, 1.807) is 24.3 Å². The SMILES string of the molecule is CC(C)=CC(=O)NCc1ccc(S(=O)(=O)N2CCOCC2)cc1. The maximum absolute atomic E-state index is 12.5. The van der Waals surface area contributed by atoms with Crippen molar-refractivity contribution in [2.75, 3.05) is 26.3 Å². The molecule has 6 nitrogen and oxygen atoms in total. The van der Waals surface area contributed by atoms with E-state index >= 15 is 0 Å². The number of benzene rings is 1. The molecule has 1 fully saturated rings. The Morgan fingerprint density at radius 2 is 1.83 bits per heavy atom. The number of amides is 1. The highest BCUT2D eigenvalue weighted by molar-refractivity contribution is 7.89. The zero-order valence-electron chi connectivity index (χ0n) is 13.4. The molecule has 1 saturated heterocycles. The number of carbonyl (C=O) groups excluding carboxylic acids is 1. The van der Waals surface area contributed by atoms with Gasteiger partial charge in [-0.05, 0) is 31.5 Å². The van der Waals surface area contributed by atoms with E-state index in [1.807, 2.05) is 13.8 Å². The molecule has 7 heteroatoms. The molecule has 1 aliphatic heterocycles. The van der Waals surface area contributed by atoms with Crippen LogP contribution >= 0.6 is 0 Å². The predicted molar refractivity (Wildman–Crippen MR) is 87.3 cm³/mol. The second-order valence-corrected chi connectivity index (χ2v) is 7.54. The first-order valence-electron chi connectivity index (χ1n) is 7.49. The van der Waals surface area contributed by atoms with E-state index in [1.165, 1.54) is 10.4 Å². The Morgan fingerprint density at radius 3 is 2.39 bits per heavy atom. The van der Waals surface area contributed by atoms with Crippen LogP contribution in [0.3, 0.4) is 0 Å². The van der Waals surface area contributed by atoms with Crippen molar-refractivity contribution < 1.29 is 17.9 Å². The summed E-state index contributed by atoms with van der Waals surface area (Å²) in [6.45, 7) is 5.67. The number of rotatable bonds is 5. The number of ether oxygens (including phenoxy) is 1. The second-order valence-electron chi connectivity index (χ2n) is 5.60. The Kier molecular flexibility index (Phi) is 5.92. The molecule has 2 rings (SSSR count). The van der Waals surface area contributed by atoms with Crippen molar-refractivity contribution in [3.63, 3.8) is 0 Å². The molecule has 0 aliphatic carbocycles. The molecule has 0 radical (unpaired) electrons. The largest absolute Gasteiger partial charge is 0.379 e. The summed E-state index contributed by atoms with van der Waals surface area (Å²) < 4.78 is 31.6. The summed E-state index contributed by atoms with van der Waals surface area (Å²) in [6.07, 6.45) is 1.53. The lowest BCUT2D eigenvalue weighted by Gasteiger charge is -2.26. The van der Waals surface area contributed by atoms with Gasteiger partial charge in [-0.1, -0.05) is 17.7 Å². The predicted octanol–water partition coefficient (Wildman–Crippen LogP) is 1.29. The Labute approximate surface area is 137 Å². The fourth-order valence-electron chi connectivity index (χ4n) is 2.22. The molecule has 0 atom stereocenters. The fraction of sp³-hybridized carbons (Fsp3) is 0.438. The van der Waals surface area contributed by atoms with Gasteiger partial charge in [-0.3, -0.25) is 4.79 Å². The minimum Gasteiger partial charge on any atom is -0.379 e. The van der Waals surface area contributed by atoms with Crippen LogP contribution in [0.15, 0.2) is 40.8 Å². The Bertz CT molecular complexity index is 671. The van der Waals surface area contributed by atoms with E-state index in [4.69, 9.17) is 4.74 Å². The Morgan fingerprint density at radius 1 is 1.22 bits per heavy atom. The zero-order chi connectivity index (χ0) is 16.9. The topological polar surface area (TPSA) is 75.7 Å². The number of allylic oxidation sites excluding steroid dienone is 1. The lowest BCUT2D eigenvalue weighted by molar-refractivity contribution is -0.116. The van der Waals surface area contributed by atoms with Crippen molar-refractivity contribution >= 4 is 15.9 Å². The molecular formula is C16H22N2O4S. The Hall–Kier alpha value is -1.70. The first-order valence-corrected chi connectivity index (χ1v) is 8.93. The molecule has 1 heterocycles. The van der Waals surface area contributed by atoms with Crippen LogP contribution in [0, 0.1) is 0 Å². The van der Waals surface area contributed by atoms with Crippen LogP contribution in [0.1, 0.15) is 19.4 Å². The number of nitrogens with one attached hydrogen (secondary N) is 1. The Balaban J connectivity index is 2.01. The van der Waals surface area contributed by atoms with Gasteiger partial charge in [-0.15, -0.1) is 0 Å². The minimum atomic E-state index is -3.47. The molecule has 0 unspecified atom stereocenters. The number of sulfonamides is 1. The normalized spacial score (nSPS) is 15.9. The van der Waals surface area contributed by atoms with Crippen molar-refractivity contribution in [2.45, 2.75) is 25.3 Å². The van der Waals surface area contributed by atoms with Gasteiger partial charge < -0.3 is 10.1 Å². The molecular weight excluding hydrogens is 316 g/mol. The highest BCUT2D eigenvalue weighted by atomic mass is 32.2. The van der Waals surface area contributed by atoms with Gasteiger partial charge in [0.25, 0.3) is 0 Å². The summed E-state index contributed by atoms with van der Waals surface area (Å²) in [7, 11) is -3.47. The summed E-state index contributed by atoms with van der Waals surface area (Å²) in [4.78, 5) is 11.8. The zero-order valence-corrected chi connectivity index (χ0v) is 14.2. The highest BCUT2D eigenvalue weighted by Crippen LogP contribution is 2.17. The summed E-state index contributed by atoms with van der Waals surface area (Å²) in [5.41, 5.74) is 1.77. The molecule has 126 valence electrons. The third kappa shape index (κ3) is 4.89. The fourth-order valence-corrected chi connectivity index (χ4v) is 3.63. The first-order chi connectivity index (χ1) is 10.9. The van der Waals surface area contributed by atoms with Gasteiger partial charge in [-0.25, -0.2) is 8.42 Å². The van der Waals surface area contributed by atoms with Crippen LogP contribution in [-0.4, -0.2) is 44.9 Å². The minimum absolute atomic E-state index is 0.157. The number of hydrogen-bond acceptors (Lipinski definition) is 4. The van der Waals surface area contributed by atoms with Crippen molar-refractivity contribution in [1.82, 2.24) is 9.62 Å². The van der Waals surface area contributed by atoms with Crippen LogP contribution in [0.25, 0.3) is 0 Å². The average Bonchev–Trinajstić information content (AvgIpc) is 2.53. The van der Waals surface area contributed by atoms with Gasteiger partial charge in [-0.2, -0.15) is 4.31 Å². The summed E-state index contributed by atoms with van der Waals surface area (Å²) in [5, 5.41) is 2.76. The maximum Gasteiger partial charge on any atom is 0.244 e. The van der Waals surface area contributed by atoms with Gasteiger partial charge >= 0.3 is 0 Å². The van der Waals surface area contributed by atoms with Gasteiger partial charge in [0, 0.05) is 25.7 Å². The highest BCUT2D eigenvalue weighted by Gasteiger charge is 2.25. The standard InChI is InChI=1S/C16H22N2O4S/c1-13(2)11-16(19)17-12-14-3-5-15(6-4-14)23(20,21)18-7-9-22-10-8-18/h3-6,11H,7-10,12H2,1-2H3,(H,17,19). The van der Waals surface area contributed by atoms with Crippen LogP contribution in [0.2, 0.25) is 0 Å². The molecule has 1 amide bonds. The van der Waals surface area contributed by atoms with E-state index in [0.717, 1.165) is 11.1 Å². The van der Waals surface area contributed by atoms with Crippen molar-refractivity contribution in [1.29, 1.82) is 0 Å². The van der Waals surface area contributed by atoms with Gasteiger partial charge in [0.1, 0.15) is 0 Å². The lowest BCUT2D eigenvalue weighted by Crippen LogP contribution is -2.40. The molecule has 1 aliphatic rings. The number of hydrogen-bond donors (Lipinski definition) is 1. The quantitative estimate of drug-likeness (QED) is 0.821. The average molecular weight is 338 g/mol. The number of nitrogens with zero attached hydrogens (tertiary/aromatic N) is 1. The third-order valence-corrected chi connectivity index (χ3v) is 5.33.